The fourth-order valence-electron chi connectivity index (χ4n) is 1.96. The number of carbonyl (C=O) groups excluding carboxylic acids is 1. The van der Waals surface area contributed by atoms with Crippen molar-refractivity contribution >= 4 is 5.91 Å². The second-order valence-electron chi connectivity index (χ2n) is 4.99. The van der Waals surface area contributed by atoms with Gasteiger partial charge in [-0.3, -0.25) is 4.79 Å². The molecule has 0 aliphatic carbocycles. The van der Waals surface area contributed by atoms with Crippen LogP contribution in [0.15, 0.2) is 48.5 Å². The van der Waals surface area contributed by atoms with Crippen molar-refractivity contribution in [3.05, 3.63) is 59.7 Å². The third kappa shape index (κ3) is 4.99. The molecule has 0 bridgehead atoms. The van der Waals surface area contributed by atoms with Crippen LogP contribution in [0.3, 0.4) is 0 Å². The van der Waals surface area contributed by atoms with Gasteiger partial charge in [0.05, 0.1) is 5.56 Å². The van der Waals surface area contributed by atoms with Gasteiger partial charge in [0, 0.05) is 18.7 Å². The lowest BCUT2D eigenvalue weighted by molar-refractivity contribution is -0.137. The van der Waals surface area contributed by atoms with Gasteiger partial charge in [-0.1, -0.05) is 12.1 Å². The highest BCUT2D eigenvalue weighted by molar-refractivity contribution is 5.94. The van der Waals surface area contributed by atoms with E-state index in [-0.39, 0.29) is 24.0 Å². The Balaban J connectivity index is 2.11. The van der Waals surface area contributed by atoms with E-state index in [1.54, 1.807) is 18.2 Å². The molecule has 128 valence electrons. The molecule has 0 saturated carbocycles. The van der Waals surface area contributed by atoms with Gasteiger partial charge in [0.25, 0.3) is 5.91 Å². The average Bonchev–Trinajstić information content (AvgIpc) is 2.55. The van der Waals surface area contributed by atoms with Crippen LogP contribution in [0.4, 0.5) is 13.2 Å². The Kier molecular flexibility index (Phi) is 5.81. The fourth-order valence-corrected chi connectivity index (χ4v) is 1.96. The van der Waals surface area contributed by atoms with E-state index in [9.17, 15) is 18.0 Å². The molecule has 0 radical (unpaired) electrons. The first-order chi connectivity index (χ1) is 11.4. The molecular weight excluding hydrogens is 323 g/mol. The number of rotatable bonds is 6. The zero-order valence-electron chi connectivity index (χ0n) is 12.6. The summed E-state index contributed by atoms with van der Waals surface area (Å²) < 4.78 is 43.5. The summed E-state index contributed by atoms with van der Waals surface area (Å²) >= 11 is 0. The number of ether oxygens (including phenoxy) is 1. The fraction of sp³-hybridized carbons (Fsp3) is 0.235. The van der Waals surface area contributed by atoms with Crippen LogP contribution in [-0.4, -0.2) is 24.2 Å². The highest BCUT2D eigenvalue weighted by Crippen LogP contribution is 2.32. The maximum absolute atomic E-state index is 12.7. The van der Waals surface area contributed by atoms with Crippen LogP contribution in [0.5, 0.6) is 11.5 Å². The number of alkyl halides is 3. The predicted molar refractivity (Wildman–Crippen MR) is 82.0 cm³/mol. The topological polar surface area (TPSA) is 58.6 Å². The summed E-state index contributed by atoms with van der Waals surface area (Å²) in [7, 11) is 0. The van der Waals surface area contributed by atoms with Crippen LogP contribution in [0, 0.1) is 0 Å². The minimum Gasteiger partial charge on any atom is -0.457 e. The molecule has 0 heterocycles. The first-order valence-electron chi connectivity index (χ1n) is 7.24. The minimum atomic E-state index is -4.45. The largest absolute Gasteiger partial charge is 0.457 e. The van der Waals surface area contributed by atoms with E-state index in [0.717, 1.165) is 12.1 Å². The van der Waals surface area contributed by atoms with Crippen LogP contribution in [0.25, 0.3) is 0 Å². The van der Waals surface area contributed by atoms with Gasteiger partial charge in [-0.25, -0.2) is 0 Å². The predicted octanol–water partition coefficient (Wildman–Crippen LogP) is 3.61. The highest BCUT2D eigenvalue weighted by Gasteiger charge is 2.30. The molecule has 0 aliphatic heterocycles. The molecule has 2 aromatic rings. The molecule has 4 nitrogen and oxygen atoms in total. The molecule has 1 amide bonds. The van der Waals surface area contributed by atoms with Gasteiger partial charge >= 0.3 is 6.18 Å². The molecule has 0 aromatic heterocycles. The average molecular weight is 339 g/mol. The Bertz CT molecular complexity index is 701. The molecule has 2 rings (SSSR count). The molecule has 2 aromatic carbocycles. The number of halogens is 3. The van der Waals surface area contributed by atoms with E-state index in [4.69, 9.17) is 9.84 Å². The standard InChI is InChI=1S/C17H16F3NO3/c18-17(19,20)13-5-2-7-15(11-13)24-14-6-1-4-12(10-14)16(23)21-8-3-9-22/h1-2,4-7,10-11,22H,3,8-9H2,(H,21,23). The number of carbonyl (C=O) groups is 1. The van der Waals surface area contributed by atoms with Gasteiger partial charge < -0.3 is 15.2 Å². The molecule has 0 atom stereocenters. The smallest absolute Gasteiger partial charge is 0.416 e. The maximum atomic E-state index is 12.7. The summed E-state index contributed by atoms with van der Waals surface area (Å²) in [6.07, 6.45) is -4.01. The quantitative estimate of drug-likeness (QED) is 0.791. The van der Waals surface area contributed by atoms with Crippen molar-refractivity contribution in [2.24, 2.45) is 0 Å². The van der Waals surface area contributed by atoms with Gasteiger partial charge in [-0.2, -0.15) is 13.2 Å². The SMILES string of the molecule is O=C(NCCCO)c1cccc(Oc2cccc(C(F)(F)F)c2)c1. The van der Waals surface area contributed by atoms with Crippen molar-refractivity contribution in [1.29, 1.82) is 0 Å². The number of hydrogen-bond donors (Lipinski definition) is 2. The molecule has 0 saturated heterocycles. The summed E-state index contributed by atoms with van der Waals surface area (Å²) in [5.41, 5.74) is -0.490. The Morgan fingerprint density at radius 2 is 1.75 bits per heavy atom. The summed E-state index contributed by atoms with van der Waals surface area (Å²) in [5, 5.41) is 11.3. The number of hydrogen-bond acceptors (Lipinski definition) is 3. The van der Waals surface area contributed by atoms with E-state index >= 15 is 0 Å². The number of benzene rings is 2. The zero-order valence-corrected chi connectivity index (χ0v) is 12.6. The lowest BCUT2D eigenvalue weighted by Gasteiger charge is -2.11. The normalized spacial score (nSPS) is 11.2. The van der Waals surface area contributed by atoms with Crippen molar-refractivity contribution in [3.8, 4) is 11.5 Å². The van der Waals surface area contributed by atoms with E-state index in [0.29, 0.717) is 18.5 Å². The maximum Gasteiger partial charge on any atom is 0.416 e. The summed E-state index contributed by atoms with van der Waals surface area (Å²) in [4.78, 5) is 11.9. The summed E-state index contributed by atoms with van der Waals surface area (Å²) in [6, 6.07) is 10.6. The summed E-state index contributed by atoms with van der Waals surface area (Å²) in [6.45, 7) is 0.299. The number of aliphatic hydroxyl groups excluding tert-OH is 1. The van der Waals surface area contributed by atoms with E-state index in [1.165, 1.54) is 18.2 Å². The molecule has 0 spiro atoms. The first-order valence-corrected chi connectivity index (χ1v) is 7.24. The van der Waals surface area contributed by atoms with Crippen LogP contribution < -0.4 is 10.1 Å². The Hall–Kier alpha value is -2.54. The Morgan fingerprint density at radius 3 is 2.42 bits per heavy atom. The number of nitrogens with one attached hydrogen (secondary N) is 1. The molecule has 2 N–H and O–H groups in total. The molecular formula is C17H16F3NO3. The van der Waals surface area contributed by atoms with Crippen molar-refractivity contribution in [2.75, 3.05) is 13.2 Å². The second kappa shape index (κ2) is 7.83. The zero-order chi connectivity index (χ0) is 17.6. The molecule has 0 aliphatic rings. The van der Waals surface area contributed by atoms with Gasteiger partial charge in [0.1, 0.15) is 11.5 Å². The Morgan fingerprint density at radius 1 is 1.08 bits per heavy atom. The van der Waals surface area contributed by atoms with Crippen molar-refractivity contribution in [1.82, 2.24) is 5.32 Å². The highest BCUT2D eigenvalue weighted by atomic mass is 19.4. The molecule has 0 fully saturated rings. The van der Waals surface area contributed by atoms with Crippen LogP contribution in [0.1, 0.15) is 22.3 Å². The lowest BCUT2D eigenvalue weighted by Crippen LogP contribution is -2.24. The van der Waals surface area contributed by atoms with E-state index in [1.807, 2.05) is 0 Å². The molecule has 24 heavy (non-hydrogen) atoms. The van der Waals surface area contributed by atoms with Gasteiger partial charge in [0.2, 0.25) is 0 Å². The minimum absolute atomic E-state index is 0.0288. The van der Waals surface area contributed by atoms with Gasteiger partial charge in [-0.15, -0.1) is 0 Å². The van der Waals surface area contributed by atoms with Crippen LogP contribution in [-0.2, 0) is 6.18 Å². The molecule has 7 heteroatoms. The van der Waals surface area contributed by atoms with Crippen LogP contribution in [0.2, 0.25) is 0 Å². The third-order valence-corrected chi connectivity index (χ3v) is 3.11. The number of amides is 1. The van der Waals surface area contributed by atoms with E-state index in [2.05, 4.69) is 5.32 Å². The molecule has 0 unspecified atom stereocenters. The monoisotopic (exact) mass is 339 g/mol. The second-order valence-corrected chi connectivity index (χ2v) is 4.99. The number of aliphatic hydroxyl groups is 1. The van der Waals surface area contributed by atoms with Crippen molar-refractivity contribution in [2.45, 2.75) is 12.6 Å². The van der Waals surface area contributed by atoms with Gasteiger partial charge in [0.15, 0.2) is 0 Å². The summed E-state index contributed by atoms with van der Waals surface area (Å²) in [5.74, 6) is -0.0651. The van der Waals surface area contributed by atoms with Crippen molar-refractivity contribution in [3.63, 3.8) is 0 Å². The van der Waals surface area contributed by atoms with Crippen LogP contribution >= 0.6 is 0 Å². The third-order valence-electron chi connectivity index (χ3n) is 3.11. The van der Waals surface area contributed by atoms with Crippen molar-refractivity contribution < 1.29 is 27.8 Å². The van der Waals surface area contributed by atoms with Gasteiger partial charge in [-0.05, 0) is 42.8 Å². The Labute approximate surface area is 136 Å². The lowest BCUT2D eigenvalue weighted by atomic mass is 10.2. The first kappa shape index (κ1) is 17.8. The van der Waals surface area contributed by atoms with E-state index < -0.39 is 11.7 Å².